The Balaban J connectivity index is 1.79. The lowest BCUT2D eigenvalue weighted by Gasteiger charge is -2.30. The van der Waals surface area contributed by atoms with Gasteiger partial charge >= 0.3 is 6.03 Å². The number of imide groups is 1. The van der Waals surface area contributed by atoms with Gasteiger partial charge in [-0.25, -0.2) is 14.1 Å². The van der Waals surface area contributed by atoms with Gasteiger partial charge in [-0.15, -0.1) is 0 Å². The molecular weight excluding hydrogens is 353 g/mol. The van der Waals surface area contributed by atoms with E-state index in [-0.39, 0.29) is 12.2 Å². The number of carbonyl (C=O) groups is 3. The zero-order valence-corrected chi connectivity index (χ0v) is 14.8. The highest BCUT2D eigenvalue weighted by Crippen LogP contribution is 2.24. The molecule has 0 bridgehead atoms. The maximum Gasteiger partial charge on any atom is 0.328 e. The van der Waals surface area contributed by atoms with Gasteiger partial charge in [0.15, 0.2) is 0 Å². The summed E-state index contributed by atoms with van der Waals surface area (Å²) in [7, 11) is 1.50. The average molecular weight is 371 g/mol. The third-order valence-electron chi connectivity index (χ3n) is 4.27. The summed E-state index contributed by atoms with van der Waals surface area (Å²) in [5, 5.41) is 5.04. The molecule has 2 aromatic rings. The topological polar surface area (TPSA) is 87.7 Å². The number of benzene rings is 2. The molecule has 0 spiro atoms. The van der Waals surface area contributed by atoms with Crippen molar-refractivity contribution in [2.24, 2.45) is 5.92 Å². The molecule has 0 aliphatic carbocycles. The second kappa shape index (κ2) is 7.45. The summed E-state index contributed by atoms with van der Waals surface area (Å²) in [4.78, 5) is 38.3. The second-order valence-electron chi connectivity index (χ2n) is 6.06. The Morgan fingerprint density at radius 2 is 1.93 bits per heavy atom. The first-order valence-electron chi connectivity index (χ1n) is 8.23. The van der Waals surface area contributed by atoms with E-state index in [0.29, 0.717) is 17.0 Å². The monoisotopic (exact) mass is 371 g/mol. The molecule has 2 N–H and O–H groups in total. The number of nitrogens with zero attached hydrogens (tertiary/aromatic N) is 1. The van der Waals surface area contributed by atoms with Gasteiger partial charge in [0.2, 0.25) is 11.8 Å². The molecule has 2 aromatic carbocycles. The van der Waals surface area contributed by atoms with E-state index in [0.717, 1.165) is 4.90 Å². The minimum Gasteiger partial charge on any atom is -0.497 e. The maximum atomic E-state index is 13.7. The van der Waals surface area contributed by atoms with E-state index in [9.17, 15) is 18.8 Å². The van der Waals surface area contributed by atoms with Crippen LogP contribution in [0.1, 0.15) is 5.56 Å². The predicted octanol–water partition coefficient (Wildman–Crippen LogP) is 2.45. The van der Waals surface area contributed by atoms with Crippen LogP contribution in [0.5, 0.6) is 5.75 Å². The number of hydrogen-bond acceptors (Lipinski definition) is 4. The third kappa shape index (κ3) is 3.74. The van der Waals surface area contributed by atoms with Crippen LogP contribution in [0.4, 0.5) is 20.6 Å². The van der Waals surface area contributed by atoms with E-state index >= 15 is 0 Å². The molecule has 7 nitrogen and oxygen atoms in total. The lowest BCUT2D eigenvalue weighted by atomic mass is 10.0. The fraction of sp³-hybridized carbons (Fsp3) is 0.211. The molecule has 0 radical (unpaired) electrons. The minimum absolute atomic E-state index is 0.134. The Bertz CT molecular complexity index is 898. The molecule has 1 aliphatic rings. The number of carbonyl (C=O) groups excluding carboxylic acids is 3. The SMILES string of the molecule is COc1ccc(N2C(=O)NCC(C(=O)Nc3ccc(C)c(F)c3)C2=O)cc1. The molecular formula is C19H18FN3O4. The first-order valence-corrected chi connectivity index (χ1v) is 8.23. The Labute approximate surface area is 155 Å². The number of urea groups is 1. The van der Waals surface area contributed by atoms with Crippen LogP contribution in [0.15, 0.2) is 42.5 Å². The van der Waals surface area contributed by atoms with Crippen LogP contribution in [0.25, 0.3) is 0 Å². The second-order valence-corrected chi connectivity index (χ2v) is 6.06. The van der Waals surface area contributed by atoms with Gasteiger partial charge in [0.1, 0.15) is 17.5 Å². The number of aryl methyl sites for hydroxylation is 1. The van der Waals surface area contributed by atoms with E-state index in [1.807, 2.05) is 0 Å². The van der Waals surface area contributed by atoms with Crippen molar-refractivity contribution < 1.29 is 23.5 Å². The van der Waals surface area contributed by atoms with Crippen molar-refractivity contribution in [3.05, 3.63) is 53.8 Å². The lowest BCUT2D eigenvalue weighted by molar-refractivity contribution is -0.130. The number of hydrogen-bond donors (Lipinski definition) is 2. The van der Waals surface area contributed by atoms with Crippen LogP contribution >= 0.6 is 0 Å². The lowest BCUT2D eigenvalue weighted by Crippen LogP contribution is -2.58. The predicted molar refractivity (Wildman–Crippen MR) is 97.1 cm³/mol. The van der Waals surface area contributed by atoms with Gasteiger partial charge in [-0.2, -0.15) is 0 Å². The van der Waals surface area contributed by atoms with Gasteiger partial charge in [0.05, 0.1) is 12.8 Å². The van der Waals surface area contributed by atoms with Crippen molar-refractivity contribution in [2.45, 2.75) is 6.92 Å². The minimum atomic E-state index is -1.13. The standard InChI is InChI=1S/C19H18FN3O4/c1-11-3-4-12(9-16(11)20)22-17(24)15-10-21-19(26)23(18(15)25)13-5-7-14(27-2)8-6-13/h3-9,15H,10H2,1-2H3,(H,21,26)(H,22,24). The molecule has 4 amide bonds. The molecule has 1 atom stereocenters. The summed E-state index contributed by atoms with van der Waals surface area (Å²) in [6.45, 7) is 1.47. The summed E-state index contributed by atoms with van der Waals surface area (Å²) in [5.74, 6) is -2.31. The molecule has 8 heteroatoms. The van der Waals surface area contributed by atoms with E-state index in [1.54, 1.807) is 37.3 Å². The van der Waals surface area contributed by atoms with E-state index in [4.69, 9.17) is 4.74 Å². The van der Waals surface area contributed by atoms with Crippen molar-refractivity contribution >= 4 is 29.2 Å². The molecule has 0 saturated carbocycles. The van der Waals surface area contributed by atoms with Crippen molar-refractivity contribution in [3.8, 4) is 5.75 Å². The maximum absolute atomic E-state index is 13.7. The number of halogens is 1. The summed E-state index contributed by atoms with van der Waals surface area (Å²) in [5.41, 5.74) is 1.00. The number of nitrogens with one attached hydrogen (secondary N) is 2. The number of methoxy groups -OCH3 is 1. The van der Waals surface area contributed by atoms with Crippen molar-refractivity contribution in [1.29, 1.82) is 0 Å². The first-order chi connectivity index (χ1) is 12.9. The fourth-order valence-corrected chi connectivity index (χ4v) is 2.69. The summed E-state index contributed by atoms with van der Waals surface area (Å²) in [6, 6.07) is 9.94. The molecule has 1 unspecified atom stereocenters. The number of rotatable bonds is 4. The Hall–Kier alpha value is -3.42. The molecule has 1 saturated heterocycles. The smallest absolute Gasteiger partial charge is 0.328 e. The molecule has 140 valence electrons. The number of ether oxygens (including phenoxy) is 1. The molecule has 1 heterocycles. The van der Waals surface area contributed by atoms with Crippen LogP contribution in [0.2, 0.25) is 0 Å². The molecule has 0 aromatic heterocycles. The quantitative estimate of drug-likeness (QED) is 0.808. The largest absolute Gasteiger partial charge is 0.497 e. The molecule has 1 fully saturated rings. The van der Waals surface area contributed by atoms with Gasteiger partial charge in [-0.05, 0) is 48.9 Å². The van der Waals surface area contributed by atoms with Gasteiger partial charge in [-0.1, -0.05) is 6.07 Å². The molecule has 3 rings (SSSR count). The van der Waals surface area contributed by atoms with Crippen LogP contribution in [-0.4, -0.2) is 31.5 Å². The van der Waals surface area contributed by atoms with Gasteiger partial charge in [0.25, 0.3) is 0 Å². The molecule has 27 heavy (non-hydrogen) atoms. The van der Waals surface area contributed by atoms with Crippen molar-refractivity contribution in [2.75, 3.05) is 23.9 Å². The average Bonchev–Trinajstić information content (AvgIpc) is 2.65. The number of amides is 4. The Kier molecular flexibility index (Phi) is 5.07. The Morgan fingerprint density at radius 3 is 2.56 bits per heavy atom. The van der Waals surface area contributed by atoms with E-state index in [2.05, 4.69) is 10.6 Å². The van der Waals surface area contributed by atoms with Gasteiger partial charge in [-0.3, -0.25) is 9.59 Å². The summed E-state index contributed by atoms with van der Waals surface area (Å²) >= 11 is 0. The van der Waals surface area contributed by atoms with E-state index < -0.39 is 29.6 Å². The highest BCUT2D eigenvalue weighted by molar-refractivity contribution is 6.23. The first kappa shape index (κ1) is 18.4. The third-order valence-corrected chi connectivity index (χ3v) is 4.27. The molecule has 1 aliphatic heterocycles. The van der Waals surface area contributed by atoms with Crippen LogP contribution in [0, 0.1) is 18.7 Å². The van der Waals surface area contributed by atoms with Crippen LogP contribution in [-0.2, 0) is 9.59 Å². The fourth-order valence-electron chi connectivity index (χ4n) is 2.69. The van der Waals surface area contributed by atoms with Gasteiger partial charge in [0, 0.05) is 12.2 Å². The van der Waals surface area contributed by atoms with E-state index in [1.165, 1.54) is 19.2 Å². The zero-order valence-electron chi connectivity index (χ0n) is 14.8. The van der Waals surface area contributed by atoms with Crippen LogP contribution < -0.4 is 20.3 Å². The highest BCUT2D eigenvalue weighted by atomic mass is 19.1. The Morgan fingerprint density at radius 1 is 1.22 bits per heavy atom. The zero-order chi connectivity index (χ0) is 19.6. The van der Waals surface area contributed by atoms with Crippen LogP contribution in [0.3, 0.4) is 0 Å². The van der Waals surface area contributed by atoms with Crippen molar-refractivity contribution in [1.82, 2.24) is 5.32 Å². The highest BCUT2D eigenvalue weighted by Gasteiger charge is 2.39. The number of anilines is 2. The van der Waals surface area contributed by atoms with Gasteiger partial charge < -0.3 is 15.4 Å². The van der Waals surface area contributed by atoms with Crippen molar-refractivity contribution in [3.63, 3.8) is 0 Å². The summed E-state index contributed by atoms with van der Waals surface area (Å²) < 4.78 is 18.7. The summed E-state index contributed by atoms with van der Waals surface area (Å²) in [6.07, 6.45) is 0. The normalized spacial score (nSPS) is 16.7.